The lowest BCUT2D eigenvalue weighted by atomic mass is 10.2. The van der Waals surface area contributed by atoms with Crippen LogP contribution in [-0.4, -0.2) is 51.5 Å². The van der Waals surface area contributed by atoms with E-state index in [4.69, 9.17) is 21.1 Å². The zero-order valence-electron chi connectivity index (χ0n) is 14.5. The molecule has 9 heteroatoms. The fourth-order valence-corrected chi connectivity index (χ4v) is 3.29. The Bertz CT molecular complexity index is 884. The molecule has 27 heavy (non-hydrogen) atoms. The van der Waals surface area contributed by atoms with Gasteiger partial charge in [0, 0.05) is 12.1 Å². The van der Waals surface area contributed by atoms with E-state index in [9.17, 15) is 18.0 Å². The van der Waals surface area contributed by atoms with Gasteiger partial charge in [-0.05, 0) is 36.4 Å². The number of halogens is 1. The van der Waals surface area contributed by atoms with Crippen LogP contribution in [0, 0.1) is 0 Å². The van der Waals surface area contributed by atoms with Crippen LogP contribution in [0.15, 0.2) is 59.5 Å². The number of benzene rings is 2. The second-order valence-corrected chi connectivity index (χ2v) is 7.92. The molecule has 0 heterocycles. The number of esters is 2. The highest BCUT2D eigenvalue weighted by molar-refractivity contribution is 7.89. The van der Waals surface area contributed by atoms with Gasteiger partial charge in [-0.15, -0.1) is 0 Å². The van der Waals surface area contributed by atoms with Gasteiger partial charge in [0.25, 0.3) is 0 Å². The molecule has 2 aromatic rings. The zero-order valence-corrected chi connectivity index (χ0v) is 16.1. The van der Waals surface area contributed by atoms with Crippen molar-refractivity contribution in [3.63, 3.8) is 0 Å². The summed E-state index contributed by atoms with van der Waals surface area (Å²) in [5.74, 6) is -1.29. The third-order valence-corrected chi connectivity index (χ3v) is 5.53. The minimum atomic E-state index is -3.84. The lowest BCUT2D eigenvalue weighted by Crippen LogP contribution is -2.33. The summed E-state index contributed by atoms with van der Waals surface area (Å²) < 4.78 is 35.5. The predicted molar refractivity (Wildman–Crippen MR) is 99.0 cm³/mol. The standard InChI is InChI=1S/C18H18ClNO6S/c1-20(27(23,24)16-9-7-15(19)8-10-16)13-17(21)25-11-12-26-18(22)14-5-3-2-4-6-14/h2-10H,11-13H2,1H3. The summed E-state index contributed by atoms with van der Waals surface area (Å²) in [4.78, 5) is 23.5. The number of likely N-dealkylation sites (N-methyl/N-ethyl adjacent to an activating group) is 1. The first-order chi connectivity index (χ1) is 12.8. The van der Waals surface area contributed by atoms with Gasteiger partial charge in [-0.3, -0.25) is 4.79 Å². The average molecular weight is 412 g/mol. The monoisotopic (exact) mass is 411 g/mol. The summed E-state index contributed by atoms with van der Waals surface area (Å²) in [5.41, 5.74) is 0.387. The summed E-state index contributed by atoms with van der Waals surface area (Å²) in [7, 11) is -2.58. The van der Waals surface area contributed by atoms with Crippen molar-refractivity contribution in [3.8, 4) is 0 Å². The van der Waals surface area contributed by atoms with Gasteiger partial charge in [-0.1, -0.05) is 29.8 Å². The third-order valence-electron chi connectivity index (χ3n) is 3.46. The molecule has 0 bridgehead atoms. The van der Waals surface area contributed by atoms with Gasteiger partial charge in [0.15, 0.2) is 0 Å². The molecule has 0 amide bonds. The Labute approximate surface area is 162 Å². The molecule has 144 valence electrons. The number of ether oxygens (including phenoxy) is 2. The highest BCUT2D eigenvalue weighted by Crippen LogP contribution is 2.17. The molecule has 0 aliphatic rings. The topological polar surface area (TPSA) is 90.0 Å². The van der Waals surface area contributed by atoms with Crippen LogP contribution in [-0.2, 0) is 24.3 Å². The molecule has 0 aromatic heterocycles. The Morgan fingerprint density at radius 2 is 1.56 bits per heavy atom. The fraction of sp³-hybridized carbons (Fsp3) is 0.222. The molecule has 0 fully saturated rings. The summed E-state index contributed by atoms with van der Waals surface area (Å²) in [6, 6.07) is 14.0. The Balaban J connectivity index is 1.78. The molecule has 0 radical (unpaired) electrons. The molecule has 2 rings (SSSR count). The van der Waals surface area contributed by atoms with Crippen LogP contribution in [0.4, 0.5) is 0 Å². The molecule has 0 saturated heterocycles. The summed E-state index contributed by atoms with van der Waals surface area (Å²) in [6.45, 7) is -0.781. The van der Waals surface area contributed by atoms with Crippen molar-refractivity contribution in [2.45, 2.75) is 4.90 Å². The van der Waals surface area contributed by atoms with Crippen molar-refractivity contribution in [2.75, 3.05) is 26.8 Å². The normalized spacial score (nSPS) is 11.2. The highest BCUT2D eigenvalue weighted by Gasteiger charge is 2.23. The minimum absolute atomic E-state index is 0.0130. The first-order valence-electron chi connectivity index (χ1n) is 7.90. The van der Waals surface area contributed by atoms with Gasteiger partial charge >= 0.3 is 11.9 Å². The van der Waals surface area contributed by atoms with E-state index < -0.39 is 28.5 Å². The Morgan fingerprint density at radius 3 is 2.19 bits per heavy atom. The van der Waals surface area contributed by atoms with Crippen molar-refractivity contribution in [1.82, 2.24) is 4.31 Å². The number of rotatable bonds is 8. The molecule has 0 aliphatic heterocycles. The van der Waals surface area contributed by atoms with Gasteiger partial charge in [0.05, 0.1) is 10.5 Å². The average Bonchev–Trinajstić information content (AvgIpc) is 2.66. The number of hydrogen-bond donors (Lipinski definition) is 0. The third kappa shape index (κ3) is 6.06. The van der Waals surface area contributed by atoms with E-state index in [2.05, 4.69) is 0 Å². The van der Waals surface area contributed by atoms with Crippen LogP contribution in [0.1, 0.15) is 10.4 Å². The van der Waals surface area contributed by atoms with Crippen LogP contribution in [0.3, 0.4) is 0 Å². The van der Waals surface area contributed by atoms with Crippen molar-refractivity contribution >= 4 is 33.6 Å². The molecule has 0 aliphatic carbocycles. The molecular weight excluding hydrogens is 394 g/mol. The maximum absolute atomic E-state index is 12.4. The fourth-order valence-electron chi connectivity index (χ4n) is 2.05. The first kappa shape index (κ1) is 20.9. The van der Waals surface area contributed by atoms with E-state index in [1.165, 1.54) is 31.3 Å². The summed E-state index contributed by atoms with van der Waals surface area (Å²) in [6.07, 6.45) is 0. The molecule has 0 spiro atoms. The lowest BCUT2D eigenvalue weighted by Gasteiger charge is -2.16. The number of hydrogen-bond acceptors (Lipinski definition) is 6. The molecule has 7 nitrogen and oxygen atoms in total. The lowest BCUT2D eigenvalue weighted by molar-refractivity contribution is -0.144. The predicted octanol–water partition coefficient (Wildman–Crippen LogP) is 2.36. The van der Waals surface area contributed by atoms with Crippen LogP contribution < -0.4 is 0 Å². The molecule has 0 atom stereocenters. The van der Waals surface area contributed by atoms with Crippen LogP contribution in [0.25, 0.3) is 0 Å². The van der Waals surface area contributed by atoms with Crippen LogP contribution in [0.5, 0.6) is 0 Å². The highest BCUT2D eigenvalue weighted by atomic mass is 35.5. The smallest absolute Gasteiger partial charge is 0.338 e. The van der Waals surface area contributed by atoms with Gasteiger partial charge in [0.2, 0.25) is 10.0 Å². The van der Waals surface area contributed by atoms with E-state index in [1.807, 2.05) is 0 Å². The van der Waals surface area contributed by atoms with Crippen molar-refractivity contribution in [3.05, 3.63) is 65.2 Å². The van der Waals surface area contributed by atoms with Gasteiger partial charge in [-0.25, -0.2) is 13.2 Å². The van der Waals surface area contributed by atoms with Crippen LogP contribution >= 0.6 is 11.6 Å². The molecule has 0 unspecified atom stereocenters. The maximum Gasteiger partial charge on any atom is 0.338 e. The zero-order chi connectivity index (χ0) is 19.9. The Kier molecular flexibility index (Phi) is 7.35. The maximum atomic E-state index is 12.4. The van der Waals surface area contributed by atoms with E-state index in [0.29, 0.717) is 10.6 Å². The quantitative estimate of drug-likeness (QED) is 0.489. The SMILES string of the molecule is CN(CC(=O)OCCOC(=O)c1ccccc1)S(=O)(=O)c1ccc(Cl)cc1. The number of carbonyl (C=O) groups is 2. The van der Waals surface area contributed by atoms with Crippen molar-refractivity contribution in [2.24, 2.45) is 0 Å². The Morgan fingerprint density at radius 1 is 0.963 bits per heavy atom. The second kappa shape index (κ2) is 9.50. The van der Waals surface area contributed by atoms with Crippen LogP contribution in [0.2, 0.25) is 5.02 Å². The van der Waals surface area contributed by atoms with Gasteiger partial charge < -0.3 is 9.47 Å². The van der Waals surface area contributed by atoms with E-state index in [-0.39, 0.29) is 18.1 Å². The van der Waals surface area contributed by atoms with Gasteiger partial charge in [0.1, 0.15) is 19.8 Å². The number of nitrogens with zero attached hydrogens (tertiary/aromatic N) is 1. The first-order valence-corrected chi connectivity index (χ1v) is 9.72. The van der Waals surface area contributed by atoms with E-state index in [1.54, 1.807) is 30.3 Å². The summed E-state index contributed by atoms with van der Waals surface area (Å²) in [5, 5.41) is 0.404. The van der Waals surface area contributed by atoms with E-state index >= 15 is 0 Å². The second-order valence-electron chi connectivity index (χ2n) is 5.44. The van der Waals surface area contributed by atoms with Gasteiger partial charge in [-0.2, -0.15) is 4.31 Å². The molecule has 0 saturated carbocycles. The number of sulfonamides is 1. The van der Waals surface area contributed by atoms with Crippen molar-refractivity contribution < 1.29 is 27.5 Å². The molecule has 0 N–H and O–H groups in total. The minimum Gasteiger partial charge on any atom is -0.461 e. The summed E-state index contributed by atoms with van der Waals surface area (Å²) >= 11 is 5.74. The van der Waals surface area contributed by atoms with Crippen molar-refractivity contribution in [1.29, 1.82) is 0 Å². The largest absolute Gasteiger partial charge is 0.461 e. The Hall–Kier alpha value is -2.42. The molecule has 2 aromatic carbocycles. The van der Waals surface area contributed by atoms with E-state index in [0.717, 1.165) is 4.31 Å². The molecular formula is C18H18ClNO6S. The number of carbonyl (C=O) groups excluding carboxylic acids is 2.